The van der Waals surface area contributed by atoms with Gasteiger partial charge in [-0.2, -0.15) is 5.10 Å². The molecule has 0 fully saturated rings. The average molecular weight is 366 g/mol. The number of nitrogens with zero attached hydrogens (tertiary/aromatic N) is 3. The van der Waals surface area contributed by atoms with Crippen LogP contribution in [-0.2, 0) is 6.54 Å². The quantitative estimate of drug-likeness (QED) is 0.537. The van der Waals surface area contributed by atoms with Crippen molar-refractivity contribution in [2.24, 2.45) is 5.84 Å². The maximum Gasteiger partial charge on any atom is 0.0905 e. The zero-order valence-electron chi connectivity index (χ0n) is 11.6. The second-order valence-corrected chi connectivity index (χ2v) is 6.58. The lowest BCUT2D eigenvalue weighted by Gasteiger charge is -2.18. The first-order valence-electron chi connectivity index (χ1n) is 6.75. The van der Waals surface area contributed by atoms with Crippen molar-refractivity contribution in [2.45, 2.75) is 25.9 Å². The number of aromatic nitrogens is 3. The van der Waals surface area contributed by atoms with Crippen molar-refractivity contribution >= 4 is 37.5 Å². The van der Waals surface area contributed by atoms with Gasteiger partial charge in [0.15, 0.2) is 0 Å². The van der Waals surface area contributed by atoms with Gasteiger partial charge >= 0.3 is 0 Å². The number of pyridine rings is 1. The Morgan fingerprint density at radius 1 is 1.48 bits per heavy atom. The minimum atomic E-state index is -0.146. The van der Waals surface area contributed by atoms with Gasteiger partial charge in [0, 0.05) is 12.7 Å². The molecule has 110 valence electrons. The number of rotatable bonds is 5. The summed E-state index contributed by atoms with van der Waals surface area (Å²) < 4.78 is 4.09. The summed E-state index contributed by atoms with van der Waals surface area (Å²) >= 11 is 5.25. The molecule has 0 radical (unpaired) electrons. The predicted molar refractivity (Wildman–Crippen MR) is 89.0 cm³/mol. The highest BCUT2D eigenvalue weighted by atomic mass is 79.9. The van der Waals surface area contributed by atoms with E-state index in [1.807, 2.05) is 28.5 Å². The molecule has 0 amide bonds. The molecule has 0 aliphatic rings. The lowest BCUT2D eigenvalue weighted by Crippen LogP contribution is -2.31. The van der Waals surface area contributed by atoms with E-state index >= 15 is 0 Å². The van der Waals surface area contributed by atoms with Crippen molar-refractivity contribution in [3.63, 3.8) is 0 Å². The van der Waals surface area contributed by atoms with Gasteiger partial charge in [0.05, 0.1) is 32.6 Å². The van der Waals surface area contributed by atoms with E-state index in [0.717, 1.165) is 38.9 Å². The summed E-state index contributed by atoms with van der Waals surface area (Å²) in [5, 5.41) is 6.45. The minimum absolute atomic E-state index is 0.146. The first-order valence-corrected chi connectivity index (χ1v) is 8.42. The summed E-state index contributed by atoms with van der Waals surface area (Å²) in [4.78, 5) is 4.50. The molecule has 5 nitrogen and oxygen atoms in total. The van der Waals surface area contributed by atoms with Crippen molar-refractivity contribution in [1.29, 1.82) is 0 Å². The fourth-order valence-electron chi connectivity index (χ4n) is 2.40. The summed E-state index contributed by atoms with van der Waals surface area (Å²) in [6.45, 7) is 2.98. The maximum atomic E-state index is 5.81. The van der Waals surface area contributed by atoms with Crippen molar-refractivity contribution in [2.75, 3.05) is 0 Å². The summed E-state index contributed by atoms with van der Waals surface area (Å²) in [5.74, 6) is 5.81. The Balaban J connectivity index is 2.06. The molecule has 0 saturated heterocycles. The predicted octanol–water partition coefficient (Wildman–Crippen LogP) is 3.22. The summed E-state index contributed by atoms with van der Waals surface area (Å²) in [6.07, 6.45) is 4.70. The van der Waals surface area contributed by atoms with Crippen molar-refractivity contribution in [3.05, 3.63) is 45.6 Å². The van der Waals surface area contributed by atoms with E-state index < -0.39 is 0 Å². The van der Waals surface area contributed by atoms with E-state index in [9.17, 15) is 0 Å². The number of nitrogens with one attached hydrogen (secondary N) is 1. The molecule has 3 N–H and O–H groups in total. The molecule has 0 aliphatic heterocycles. The van der Waals surface area contributed by atoms with Crippen LogP contribution in [0.15, 0.2) is 34.4 Å². The van der Waals surface area contributed by atoms with Crippen LogP contribution in [0.3, 0.4) is 0 Å². The lowest BCUT2D eigenvalue weighted by atomic mass is 10.1. The molecule has 3 rings (SSSR count). The summed E-state index contributed by atoms with van der Waals surface area (Å²) in [5.41, 5.74) is 5.96. The monoisotopic (exact) mass is 365 g/mol. The lowest BCUT2D eigenvalue weighted by molar-refractivity contribution is 0.519. The van der Waals surface area contributed by atoms with Crippen molar-refractivity contribution in [1.82, 2.24) is 20.2 Å². The third kappa shape index (κ3) is 2.74. The molecule has 3 heterocycles. The van der Waals surface area contributed by atoms with Gasteiger partial charge in [0.1, 0.15) is 0 Å². The van der Waals surface area contributed by atoms with E-state index in [1.54, 1.807) is 11.3 Å². The van der Waals surface area contributed by atoms with Gasteiger partial charge in [-0.1, -0.05) is 6.92 Å². The largest absolute Gasteiger partial charge is 0.271 e. The third-order valence-electron chi connectivity index (χ3n) is 3.37. The Morgan fingerprint density at radius 2 is 2.33 bits per heavy atom. The number of aryl methyl sites for hydroxylation is 1. The molecule has 21 heavy (non-hydrogen) atoms. The highest BCUT2D eigenvalue weighted by molar-refractivity contribution is 9.10. The van der Waals surface area contributed by atoms with Gasteiger partial charge in [-0.05, 0) is 45.4 Å². The van der Waals surface area contributed by atoms with Crippen LogP contribution in [0.4, 0.5) is 0 Å². The Labute approximate surface area is 135 Å². The van der Waals surface area contributed by atoms with E-state index in [2.05, 4.69) is 44.4 Å². The standard InChI is InChI=1S/C14H16BrN5S/c1-2-4-20-14(10(15)8-18-20)13(19-16)9-6-12-11(17-7-9)3-5-21-12/h3,5-8,13,19H,2,4,16H2,1H3. The second-order valence-electron chi connectivity index (χ2n) is 4.77. The molecule has 3 aromatic heterocycles. The molecule has 1 atom stereocenters. The normalized spacial score (nSPS) is 12.9. The van der Waals surface area contributed by atoms with E-state index in [1.165, 1.54) is 0 Å². The van der Waals surface area contributed by atoms with Gasteiger partial charge < -0.3 is 0 Å². The molecule has 0 spiro atoms. The fraction of sp³-hybridized carbons (Fsp3) is 0.286. The fourth-order valence-corrected chi connectivity index (χ4v) is 3.72. The van der Waals surface area contributed by atoms with Gasteiger partial charge in [0.2, 0.25) is 0 Å². The Morgan fingerprint density at radius 3 is 3.10 bits per heavy atom. The maximum absolute atomic E-state index is 5.81. The summed E-state index contributed by atoms with van der Waals surface area (Å²) in [6, 6.07) is 4.01. The molecule has 0 aliphatic carbocycles. The highest BCUT2D eigenvalue weighted by Gasteiger charge is 2.21. The second kappa shape index (κ2) is 6.23. The minimum Gasteiger partial charge on any atom is -0.271 e. The van der Waals surface area contributed by atoms with E-state index in [4.69, 9.17) is 5.84 Å². The highest BCUT2D eigenvalue weighted by Crippen LogP contribution is 2.30. The number of hydrazine groups is 1. The smallest absolute Gasteiger partial charge is 0.0905 e. The molecule has 7 heteroatoms. The first-order chi connectivity index (χ1) is 10.2. The Kier molecular flexibility index (Phi) is 4.34. The number of nitrogens with two attached hydrogens (primary N) is 1. The zero-order valence-corrected chi connectivity index (χ0v) is 14.0. The molecule has 0 saturated carbocycles. The SMILES string of the molecule is CCCn1ncc(Br)c1C(NN)c1cnc2ccsc2c1. The van der Waals surface area contributed by atoms with Crippen LogP contribution in [0.25, 0.3) is 10.2 Å². The molecule has 0 bridgehead atoms. The molecule has 0 aromatic carbocycles. The molecule has 3 aromatic rings. The van der Waals surface area contributed by atoms with Gasteiger partial charge in [-0.15, -0.1) is 11.3 Å². The number of hydrogen-bond acceptors (Lipinski definition) is 5. The van der Waals surface area contributed by atoms with Crippen molar-refractivity contribution in [3.8, 4) is 0 Å². The number of hydrogen-bond donors (Lipinski definition) is 2. The summed E-state index contributed by atoms with van der Waals surface area (Å²) in [7, 11) is 0. The third-order valence-corrected chi connectivity index (χ3v) is 4.83. The Hall–Kier alpha value is -1.28. The molecular weight excluding hydrogens is 350 g/mol. The Bertz CT molecular complexity index is 751. The first kappa shape index (κ1) is 14.6. The van der Waals surface area contributed by atoms with E-state index in [-0.39, 0.29) is 6.04 Å². The van der Waals surface area contributed by atoms with Crippen LogP contribution in [0.5, 0.6) is 0 Å². The van der Waals surface area contributed by atoms with Crippen LogP contribution in [0.2, 0.25) is 0 Å². The topological polar surface area (TPSA) is 68.8 Å². The van der Waals surface area contributed by atoms with Crippen LogP contribution in [-0.4, -0.2) is 14.8 Å². The van der Waals surface area contributed by atoms with Crippen molar-refractivity contribution < 1.29 is 0 Å². The van der Waals surface area contributed by atoms with Crippen LogP contribution in [0.1, 0.15) is 30.6 Å². The van der Waals surface area contributed by atoms with Gasteiger partial charge in [-0.25, -0.2) is 5.43 Å². The number of halogens is 1. The van der Waals surface area contributed by atoms with Gasteiger partial charge in [0.25, 0.3) is 0 Å². The average Bonchev–Trinajstić information content (AvgIpc) is 3.09. The molecular formula is C14H16BrN5S. The number of fused-ring (bicyclic) bond motifs is 1. The van der Waals surface area contributed by atoms with Crippen LogP contribution in [0, 0.1) is 0 Å². The van der Waals surface area contributed by atoms with Gasteiger partial charge in [-0.3, -0.25) is 15.5 Å². The number of thiophene rings is 1. The zero-order chi connectivity index (χ0) is 14.8. The van der Waals surface area contributed by atoms with Crippen LogP contribution >= 0.6 is 27.3 Å². The molecule has 1 unspecified atom stereocenters. The van der Waals surface area contributed by atoms with Crippen LogP contribution < -0.4 is 11.3 Å². The van der Waals surface area contributed by atoms with E-state index in [0.29, 0.717) is 0 Å².